The van der Waals surface area contributed by atoms with Crippen LogP contribution >= 0.6 is 0 Å². The Morgan fingerprint density at radius 3 is 2.33 bits per heavy atom. The zero-order chi connectivity index (χ0) is 15.5. The highest BCUT2D eigenvalue weighted by Crippen LogP contribution is 2.12. The third kappa shape index (κ3) is 7.11. The van der Waals surface area contributed by atoms with E-state index in [0.29, 0.717) is 39.3 Å². The van der Waals surface area contributed by atoms with Crippen molar-refractivity contribution in [3.63, 3.8) is 0 Å². The quantitative estimate of drug-likeness (QED) is 0.661. The van der Waals surface area contributed by atoms with E-state index in [1.807, 2.05) is 31.2 Å². The zero-order valence-corrected chi connectivity index (χ0v) is 13.1. The van der Waals surface area contributed by atoms with Gasteiger partial charge in [0.05, 0.1) is 26.2 Å². The van der Waals surface area contributed by atoms with Crippen molar-refractivity contribution in [1.82, 2.24) is 4.90 Å². The fraction of sp³-hybridized carbons (Fsp3) is 0.562. The first-order valence-corrected chi connectivity index (χ1v) is 7.12. The van der Waals surface area contributed by atoms with E-state index in [2.05, 4.69) is 0 Å². The van der Waals surface area contributed by atoms with Crippen LogP contribution in [0.25, 0.3) is 0 Å². The summed E-state index contributed by atoms with van der Waals surface area (Å²) in [5.41, 5.74) is 1.14. The summed E-state index contributed by atoms with van der Waals surface area (Å²) < 4.78 is 15.7. The van der Waals surface area contributed by atoms with Crippen molar-refractivity contribution in [3.05, 3.63) is 29.8 Å². The molecule has 5 nitrogen and oxygen atoms in total. The molecule has 0 fully saturated rings. The summed E-state index contributed by atoms with van der Waals surface area (Å²) in [4.78, 5) is 13.9. The summed E-state index contributed by atoms with van der Waals surface area (Å²) in [6.45, 7) is 4.57. The number of amides is 1. The summed E-state index contributed by atoms with van der Waals surface area (Å²) >= 11 is 0. The van der Waals surface area contributed by atoms with Gasteiger partial charge in [0.1, 0.15) is 5.75 Å². The van der Waals surface area contributed by atoms with Gasteiger partial charge in [0.15, 0.2) is 0 Å². The standard InChI is InChI=1S/C16H25NO4/c1-14-5-4-6-15(13-14)21-10-7-16(18)17(8-11-19-2)9-12-20-3/h4-6,13H,7-12H2,1-3H3. The Kier molecular flexibility index (Phi) is 8.47. The molecular formula is C16H25NO4. The molecule has 1 aromatic rings. The second kappa shape index (κ2) is 10.2. The van der Waals surface area contributed by atoms with Gasteiger partial charge in [-0.1, -0.05) is 12.1 Å². The van der Waals surface area contributed by atoms with Crippen LogP contribution in [0.15, 0.2) is 24.3 Å². The highest BCUT2D eigenvalue weighted by Gasteiger charge is 2.13. The van der Waals surface area contributed by atoms with Gasteiger partial charge in [0.25, 0.3) is 0 Å². The summed E-state index contributed by atoms with van der Waals surface area (Å²) in [7, 11) is 3.25. The topological polar surface area (TPSA) is 48.0 Å². The van der Waals surface area contributed by atoms with E-state index in [1.165, 1.54) is 0 Å². The van der Waals surface area contributed by atoms with Gasteiger partial charge in [-0.25, -0.2) is 0 Å². The number of nitrogens with zero attached hydrogens (tertiary/aromatic N) is 1. The number of carbonyl (C=O) groups excluding carboxylic acids is 1. The van der Waals surface area contributed by atoms with Gasteiger partial charge in [0.2, 0.25) is 5.91 Å². The largest absolute Gasteiger partial charge is 0.493 e. The number of methoxy groups -OCH3 is 2. The van der Waals surface area contributed by atoms with E-state index in [1.54, 1.807) is 19.1 Å². The van der Waals surface area contributed by atoms with E-state index in [-0.39, 0.29) is 5.91 Å². The maximum atomic E-state index is 12.1. The molecular weight excluding hydrogens is 270 g/mol. The Hall–Kier alpha value is -1.59. The third-order valence-electron chi connectivity index (χ3n) is 3.06. The minimum Gasteiger partial charge on any atom is -0.493 e. The van der Waals surface area contributed by atoms with Crippen LogP contribution in [0.2, 0.25) is 0 Å². The fourth-order valence-corrected chi connectivity index (χ4v) is 1.88. The Morgan fingerprint density at radius 1 is 1.10 bits per heavy atom. The molecule has 118 valence electrons. The highest BCUT2D eigenvalue weighted by molar-refractivity contribution is 5.76. The lowest BCUT2D eigenvalue weighted by Crippen LogP contribution is -2.37. The molecule has 0 aliphatic rings. The first kappa shape index (κ1) is 17.5. The fourth-order valence-electron chi connectivity index (χ4n) is 1.88. The van der Waals surface area contributed by atoms with Gasteiger partial charge >= 0.3 is 0 Å². The molecule has 0 spiro atoms. The molecule has 0 unspecified atom stereocenters. The molecule has 0 saturated carbocycles. The van der Waals surface area contributed by atoms with Crippen molar-refractivity contribution in [2.45, 2.75) is 13.3 Å². The maximum Gasteiger partial charge on any atom is 0.226 e. The van der Waals surface area contributed by atoms with E-state index in [9.17, 15) is 4.79 Å². The van der Waals surface area contributed by atoms with Gasteiger partial charge in [-0.15, -0.1) is 0 Å². The molecule has 0 aliphatic carbocycles. The number of hydrogen-bond acceptors (Lipinski definition) is 4. The van der Waals surface area contributed by atoms with Crippen LogP contribution in [0.4, 0.5) is 0 Å². The van der Waals surface area contributed by atoms with E-state index in [0.717, 1.165) is 11.3 Å². The van der Waals surface area contributed by atoms with Gasteiger partial charge in [-0.3, -0.25) is 4.79 Å². The Balaban J connectivity index is 2.37. The van der Waals surface area contributed by atoms with Crippen LogP contribution in [0.3, 0.4) is 0 Å². The number of benzene rings is 1. The van der Waals surface area contributed by atoms with Gasteiger partial charge in [-0.05, 0) is 24.6 Å². The van der Waals surface area contributed by atoms with Gasteiger partial charge in [0, 0.05) is 27.3 Å². The first-order chi connectivity index (χ1) is 10.2. The molecule has 0 bridgehead atoms. The molecule has 0 N–H and O–H groups in total. The minimum absolute atomic E-state index is 0.0525. The monoisotopic (exact) mass is 295 g/mol. The van der Waals surface area contributed by atoms with E-state index >= 15 is 0 Å². The molecule has 1 aromatic carbocycles. The van der Waals surface area contributed by atoms with Gasteiger partial charge < -0.3 is 19.1 Å². The maximum absolute atomic E-state index is 12.1. The molecule has 0 radical (unpaired) electrons. The molecule has 21 heavy (non-hydrogen) atoms. The first-order valence-electron chi connectivity index (χ1n) is 7.12. The molecule has 0 saturated heterocycles. The molecule has 1 amide bonds. The number of aryl methyl sites for hydroxylation is 1. The second-order valence-corrected chi connectivity index (χ2v) is 4.78. The summed E-state index contributed by atoms with van der Waals surface area (Å²) in [5.74, 6) is 0.847. The molecule has 0 atom stereocenters. The number of carbonyl (C=O) groups is 1. The minimum atomic E-state index is 0.0525. The third-order valence-corrected chi connectivity index (χ3v) is 3.06. The van der Waals surface area contributed by atoms with Crippen LogP contribution in [0.1, 0.15) is 12.0 Å². The van der Waals surface area contributed by atoms with Crippen molar-refractivity contribution in [1.29, 1.82) is 0 Å². The number of hydrogen-bond donors (Lipinski definition) is 0. The molecule has 5 heteroatoms. The van der Waals surface area contributed by atoms with Crippen LogP contribution in [0, 0.1) is 6.92 Å². The lowest BCUT2D eigenvalue weighted by atomic mass is 10.2. The molecule has 1 rings (SSSR count). The van der Waals surface area contributed by atoms with Crippen LogP contribution < -0.4 is 4.74 Å². The molecule has 0 heterocycles. The number of rotatable bonds is 10. The number of ether oxygens (including phenoxy) is 3. The zero-order valence-electron chi connectivity index (χ0n) is 13.1. The molecule has 0 aliphatic heterocycles. The Labute approximate surface area is 126 Å². The SMILES string of the molecule is COCCN(CCOC)C(=O)CCOc1cccc(C)c1. The summed E-state index contributed by atoms with van der Waals surface area (Å²) in [5, 5.41) is 0. The predicted octanol–water partition coefficient (Wildman–Crippen LogP) is 1.89. The van der Waals surface area contributed by atoms with Crippen molar-refractivity contribution in [2.24, 2.45) is 0 Å². The van der Waals surface area contributed by atoms with Crippen LogP contribution in [-0.2, 0) is 14.3 Å². The average Bonchev–Trinajstić information content (AvgIpc) is 2.47. The van der Waals surface area contributed by atoms with Crippen LogP contribution in [0.5, 0.6) is 5.75 Å². The Bertz CT molecular complexity index is 414. The van der Waals surface area contributed by atoms with Crippen molar-refractivity contribution in [3.8, 4) is 5.75 Å². The highest BCUT2D eigenvalue weighted by atomic mass is 16.5. The summed E-state index contributed by atoms with van der Waals surface area (Å²) in [6, 6.07) is 7.80. The van der Waals surface area contributed by atoms with Crippen molar-refractivity contribution < 1.29 is 19.0 Å². The van der Waals surface area contributed by atoms with E-state index < -0.39 is 0 Å². The second-order valence-electron chi connectivity index (χ2n) is 4.78. The van der Waals surface area contributed by atoms with Crippen LogP contribution in [-0.4, -0.2) is 57.9 Å². The van der Waals surface area contributed by atoms with Crippen molar-refractivity contribution in [2.75, 3.05) is 47.1 Å². The lowest BCUT2D eigenvalue weighted by molar-refractivity contribution is -0.133. The average molecular weight is 295 g/mol. The Morgan fingerprint density at radius 2 is 1.76 bits per heavy atom. The normalized spacial score (nSPS) is 10.4. The van der Waals surface area contributed by atoms with Gasteiger partial charge in [-0.2, -0.15) is 0 Å². The lowest BCUT2D eigenvalue weighted by Gasteiger charge is -2.22. The predicted molar refractivity (Wildman–Crippen MR) is 81.6 cm³/mol. The summed E-state index contributed by atoms with van der Waals surface area (Å²) in [6.07, 6.45) is 0.349. The molecule has 0 aromatic heterocycles. The smallest absolute Gasteiger partial charge is 0.226 e. The van der Waals surface area contributed by atoms with E-state index in [4.69, 9.17) is 14.2 Å². The van der Waals surface area contributed by atoms with Crippen molar-refractivity contribution >= 4 is 5.91 Å².